The standard InChI is InChI=1S/C21H21F2N3O3S/c1-4-30(27,28)25-15-7-5-14(6-8-15)20-18(12-24)17-10-9-16(29-21(22)23)11-19(17)26(20)13(2)3/h5-11,13,21,25H,4H2,1-3H3. The maximum absolute atomic E-state index is 12.6. The van der Waals surface area contributed by atoms with E-state index in [4.69, 9.17) is 0 Å². The Morgan fingerprint density at radius 1 is 1.17 bits per heavy atom. The number of nitriles is 1. The van der Waals surface area contributed by atoms with Crippen LogP contribution in [0.25, 0.3) is 22.2 Å². The van der Waals surface area contributed by atoms with E-state index in [0.717, 1.165) is 0 Å². The predicted molar refractivity (Wildman–Crippen MR) is 112 cm³/mol. The van der Waals surface area contributed by atoms with E-state index in [1.165, 1.54) is 12.1 Å². The van der Waals surface area contributed by atoms with Crippen LogP contribution in [0, 0.1) is 11.3 Å². The van der Waals surface area contributed by atoms with Gasteiger partial charge in [0.2, 0.25) is 10.0 Å². The summed E-state index contributed by atoms with van der Waals surface area (Å²) < 4.78 is 57.7. The molecule has 0 fully saturated rings. The number of halogens is 2. The van der Waals surface area contributed by atoms with Crippen LogP contribution in [0.4, 0.5) is 14.5 Å². The van der Waals surface area contributed by atoms with Crippen LogP contribution >= 0.6 is 0 Å². The van der Waals surface area contributed by atoms with Gasteiger partial charge >= 0.3 is 6.61 Å². The van der Waals surface area contributed by atoms with Crippen molar-refractivity contribution in [1.82, 2.24) is 4.57 Å². The fraction of sp³-hybridized carbons (Fsp3) is 0.286. The number of hydrogen-bond donors (Lipinski definition) is 1. The quantitative estimate of drug-likeness (QED) is 0.560. The second-order valence-electron chi connectivity index (χ2n) is 6.94. The average Bonchev–Trinajstić information content (AvgIpc) is 3.01. The molecule has 0 bridgehead atoms. The van der Waals surface area contributed by atoms with E-state index in [0.29, 0.717) is 33.4 Å². The summed E-state index contributed by atoms with van der Waals surface area (Å²) in [6.45, 7) is 2.45. The molecule has 0 atom stereocenters. The molecule has 0 spiro atoms. The number of sulfonamides is 1. The summed E-state index contributed by atoms with van der Waals surface area (Å²) in [6, 6.07) is 13.3. The van der Waals surface area contributed by atoms with Gasteiger partial charge in [-0.15, -0.1) is 0 Å². The third kappa shape index (κ3) is 4.24. The van der Waals surface area contributed by atoms with Crippen molar-refractivity contribution in [3.05, 3.63) is 48.0 Å². The molecular weight excluding hydrogens is 412 g/mol. The number of benzene rings is 2. The van der Waals surface area contributed by atoms with Gasteiger partial charge in [0.15, 0.2) is 0 Å². The molecule has 2 aromatic carbocycles. The van der Waals surface area contributed by atoms with Gasteiger partial charge in [-0.05, 0) is 50.6 Å². The summed E-state index contributed by atoms with van der Waals surface area (Å²) in [5.74, 6) is -0.0324. The number of alkyl halides is 2. The number of rotatable bonds is 7. The Labute approximate surface area is 173 Å². The summed E-state index contributed by atoms with van der Waals surface area (Å²) >= 11 is 0. The van der Waals surface area contributed by atoms with Crippen molar-refractivity contribution in [2.75, 3.05) is 10.5 Å². The Bertz CT molecular complexity index is 1210. The van der Waals surface area contributed by atoms with E-state index < -0.39 is 16.6 Å². The fourth-order valence-corrected chi connectivity index (χ4v) is 3.99. The summed E-state index contributed by atoms with van der Waals surface area (Å²) in [5.41, 5.74) is 2.75. The Morgan fingerprint density at radius 2 is 1.83 bits per heavy atom. The van der Waals surface area contributed by atoms with Crippen molar-refractivity contribution in [2.45, 2.75) is 33.4 Å². The van der Waals surface area contributed by atoms with Crippen LogP contribution in [0.1, 0.15) is 32.4 Å². The molecule has 9 heteroatoms. The maximum Gasteiger partial charge on any atom is 0.387 e. The maximum atomic E-state index is 12.6. The van der Waals surface area contributed by atoms with Gasteiger partial charge in [-0.2, -0.15) is 14.0 Å². The average molecular weight is 433 g/mol. The van der Waals surface area contributed by atoms with Gasteiger partial charge in [-0.3, -0.25) is 4.72 Å². The smallest absolute Gasteiger partial charge is 0.387 e. The zero-order valence-electron chi connectivity index (χ0n) is 16.7. The van der Waals surface area contributed by atoms with Crippen molar-refractivity contribution >= 4 is 26.6 Å². The molecule has 1 N–H and O–H groups in total. The Hall–Kier alpha value is -3.12. The SMILES string of the molecule is CCS(=O)(=O)Nc1ccc(-c2c(C#N)c3ccc(OC(F)F)cc3n2C(C)C)cc1. The van der Waals surface area contributed by atoms with Crippen molar-refractivity contribution in [1.29, 1.82) is 5.26 Å². The number of ether oxygens (including phenoxy) is 1. The van der Waals surface area contributed by atoms with Crippen molar-refractivity contribution < 1.29 is 21.9 Å². The molecular formula is C21H21F2N3O3S. The molecule has 0 saturated heterocycles. The third-order valence-electron chi connectivity index (χ3n) is 4.64. The second-order valence-corrected chi connectivity index (χ2v) is 8.95. The van der Waals surface area contributed by atoms with Crippen LogP contribution in [-0.4, -0.2) is 25.3 Å². The molecule has 30 heavy (non-hydrogen) atoms. The first-order valence-corrected chi connectivity index (χ1v) is 11.0. The van der Waals surface area contributed by atoms with E-state index in [1.54, 1.807) is 37.3 Å². The van der Waals surface area contributed by atoms with Crippen molar-refractivity contribution in [3.63, 3.8) is 0 Å². The number of nitrogens with zero attached hydrogens (tertiary/aromatic N) is 2. The lowest BCUT2D eigenvalue weighted by atomic mass is 10.1. The van der Waals surface area contributed by atoms with Crippen LogP contribution in [-0.2, 0) is 10.0 Å². The third-order valence-corrected chi connectivity index (χ3v) is 5.95. The van der Waals surface area contributed by atoms with E-state index in [-0.39, 0.29) is 17.5 Å². The van der Waals surface area contributed by atoms with Gasteiger partial charge < -0.3 is 9.30 Å². The molecule has 1 aromatic heterocycles. The van der Waals surface area contributed by atoms with Gasteiger partial charge in [-0.25, -0.2) is 8.42 Å². The highest BCUT2D eigenvalue weighted by molar-refractivity contribution is 7.92. The van der Waals surface area contributed by atoms with Gasteiger partial charge in [-0.1, -0.05) is 12.1 Å². The fourth-order valence-electron chi connectivity index (χ4n) is 3.35. The largest absolute Gasteiger partial charge is 0.435 e. The molecule has 0 aliphatic rings. The Kier molecular flexibility index (Phi) is 5.99. The molecule has 0 saturated carbocycles. The Balaban J connectivity index is 2.17. The monoisotopic (exact) mass is 433 g/mol. The lowest BCUT2D eigenvalue weighted by molar-refractivity contribution is -0.0497. The van der Waals surface area contributed by atoms with Crippen LogP contribution in [0.5, 0.6) is 5.75 Å². The molecule has 6 nitrogen and oxygen atoms in total. The Morgan fingerprint density at radius 3 is 2.37 bits per heavy atom. The van der Waals surface area contributed by atoms with E-state index in [2.05, 4.69) is 15.5 Å². The molecule has 0 radical (unpaired) electrons. The van der Waals surface area contributed by atoms with Gasteiger partial charge in [0.05, 0.1) is 22.5 Å². The van der Waals surface area contributed by atoms with Gasteiger partial charge in [0.1, 0.15) is 11.8 Å². The van der Waals surface area contributed by atoms with Gasteiger partial charge in [0, 0.05) is 23.2 Å². The van der Waals surface area contributed by atoms with E-state index in [9.17, 15) is 22.5 Å². The van der Waals surface area contributed by atoms with Gasteiger partial charge in [0.25, 0.3) is 0 Å². The molecule has 3 aromatic rings. The van der Waals surface area contributed by atoms with Crippen LogP contribution in [0.2, 0.25) is 0 Å². The van der Waals surface area contributed by atoms with E-state index >= 15 is 0 Å². The molecule has 0 aliphatic heterocycles. The van der Waals surface area contributed by atoms with Crippen LogP contribution in [0.3, 0.4) is 0 Å². The number of aromatic nitrogens is 1. The lowest BCUT2D eigenvalue weighted by Crippen LogP contribution is -2.14. The summed E-state index contributed by atoms with van der Waals surface area (Å²) in [7, 11) is -3.40. The summed E-state index contributed by atoms with van der Waals surface area (Å²) in [5, 5.41) is 10.4. The molecule has 0 aliphatic carbocycles. The summed E-state index contributed by atoms with van der Waals surface area (Å²) in [6.07, 6.45) is 0. The molecule has 158 valence electrons. The number of anilines is 1. The second kappa shape index (κ2) is 8.32. The molecule has 0 unspecified atom stereocenters. The summed E-state index contributed by atoms with van der Waals surface area (Å²) in [4.78, 5) is 0. The molecule has 3 rings (SSSR count). The highest BCUT2D eigenvalue weighted by Gasteiger charge is 2.21. The predicted octanol–water partition coefficient (Wildman–Crippen LogP) is 5.12. The highest BCUT2D eigenvalue weighted by Crippen LogP contribution is 2.38. The number of nitrogens with one attached hydrogen (secondary N) is 1. The minimum absolute atomic E-state index is 0.0114. The molecule has 0 amide bonds. The van der Waals surface area contributed by atoms with Crippen LogP contribution in [0.15, 0.2) is 42.5 Å². The topological polar surface area (TPSA) is 84.1 Å². The van der Waals surface area contributed by atoms with Crippen LogP contribution < -0.4 is 9.46 Å². The lowest BCUT2D eigenvalue weighted by Gasteiger charge is -2.16. The minimum atomic E-state index is -3.40. The van der Waals surface area contributed by atoms with Crippen molar-refractivity contribution in [2.24, 2.45) is 0 Å². The van der Waals surface area contributed by atoms with Crippen molar-refractivity contribution in [3.8, 4) is 23.1 Å². The minimum Gasteiger partial charge on any atom is -0.435 e. The first-order valence-electron chi connectivity index (χ1n) is 9.30. The first kappa shape index (κ1) is 21.6. The zero-order valence-corrected chi connectivity index (χ0v) is 17.5. The van der Waals surface area contributed by atoms with E-state index in [1.807, 2.05) is 18.4 Å². The normalized spacial score (nSPS) is 11.8. The number of fused-ring (bicyclic) bond motifs is 1. The first-order chi connectivity index (χ1) is 14.2. The zero-order chi connectivity index (χ0) is 22.1. The number of hydrogen-bond acceptors (Lipinski definition) is 4. The highest BCUT2D eigenvalue weighted by atomic mass is 32.2. The molecule has 1 heterocycles.